The summed E-state index contributed by atoms with van der Waals surface area (Å²) in [5.41, 5.74) is 0.393. The summed E-state index contributed by atoms with van der Waals surface area (Å²) < 4.78 is 32.5. The van der Waals surface area contributed by atoms with Gasteiger partial charge in [-0.2, -0.15) is 0 Å². The molecule has 1 aliphatic heterocycles. The lowest BCUT2D eigenvalue weighted by atomic mass is 10.1. The van der Waals surface area contributed by atoms with Crippen LogP contribution in [-0.4, -0.2) is 26.5 Å². The van der Waals surface area contributed by atoms with Gasteiger partial charge in [0.2, 0.25) is 10.0 Å². The molecule has 0 saturated heterocycles. The molecular weight excluding hydrogens is 304 g/mol. The molecule has 0 fully saturated rings. The van der Waals surface area contributed by atoms with Gasteiger partial charge >= 0.3 is 0 Å². The Balaban J connectivity index is 2.23. The highest BCUT2D eigenvalue weighted by Gasteiger charge is 2.28. The largest absolute Gasteiger partial charge is 0.478 e. The van der Waals surface area contributed by atoms with Gasteiger partial charge in [-0.3, -0.25) is 4.79 Å². The number of carbonyl (C=O) groups excluding carboxylic acids is 1. The maximum Gasteiger partial charge on any atom is 0.265 e. The third kappa shape index (κ3) is 3.78. The Labute approximate surface area is 131 Å². The number of unbranched alkanes of at least 4 members (excludes halogenated alkanes) is 1. The molecular formula is C15H22N2O4S. The molecule has 1 aliphatic rings. The Morgan fingerprint density at radius 3 is 2.73 bits per heavy atom. The Kier molecular flexibility index (Phi) is 5.08. The summed E-state index contributed by atoms with van der Waals surface area (Å²) in [7, 11) is -3.60. The van der Waals surface area contributed by atoms with E-state index in [0.29, 0.717) is 17.9 Å². The van der Waals surface area contributed by atoms with Gasteiger partial charge in [0.15, 0.2) is 6.10 Å². The Hall–Kier alpha value is -1.60. The molecule has 1 unspecified atom stereocenters. The van der Waals surface area contributed by atoms with Gasteiger partial charge in [0.25, 0.3) is 5.91 Å². The van der Waals surface area contributed by atoms with Gasteiger partial charge in [0.1, 0.15) is 5.75 Å². The highest BCUT2D eigenvalue weighted by atomic mass is 32.2. The van der Waals surface area contributed by atoms with E-state index in [-0.39, 0.29) is 16.8 Å². The Morgan fingerprint density at radius 1 is 1.36 bits per heavy atom. The minimum atomic E-state index is -3.60. The zero-order valence-corrected chi connectivity index (χ0v) is 13.9. The summed E-state index contributed by atoms with van der Waals surface area (Å²) in [6, 6.07) is 4.29. The molecule has 0 aromatic heterocycles. The molecule has 2 rings (SSSR count). The molecule has 0 radical (unpaired) electrons. The predicted molar refractivity (Wildman–Crippen MR) is 84.5 cm³/mol. The highest BCUT2D eigenvalue weighted by Crippen LogP contribution is 2.32. The molecule has 1 atom stereocenters. The van der Waals surface area contributed by atoms with Crippen molar-refractivity contribution in [3.63, 3.8) is 0 Å². The standard InChI is InChI=1S/C15H22N2O4S/c1-4-5-6-14-15(18)16-12-9-11(7-8-13(12)21-14)22(19,20)17-10(2)3/h7-10,14,17H,4-6H2,1-3H3,(H,16,18). The predicted octanol–water partition coefficient (Wildman–Crippen LogP) is 2.26. The van der Waals surface area contributed by atoms with Gasteiger partial charge < -0.3 is 10.1 Å². The fourth-order valence-electron chi connectivity index (χ4n) is 2.25. The van der Waals surface area contributed by atoms with E-state index in [1.54, 1.807) is 19.9 Å². The molecule has 7 heteroatoms. The molecule has 1 amide bonds. The molecule has 1 aromatic carbocycles. The number of benzene rings is 1. The van der Waals surface area contributed by atoms with Crippen LogP contribution >= 0.6 is 0 Å². The first kappa shape index (κ1) is 16.8. The maximum atomic E-state index is 12.2. The lowest BCUT2D eigenvalue weighted by Gasteiger charge is -2.26. The van der Waals surface area contributed by atoms with Gasteiger partial charge in [-0.05, 0) is 44.9 Å². The van der Waals surface area contributed by atoms with Crippen LogP contribution in [0.15, 0.2) is 23.1 Å². The quantitative estimate of drug-likeness (QED) is 0.840. The van der Waals surface area contributed by atoms with E-state index in [0.717, 1.165) is 12.8 Å². The van der Waals surface area contributed by atoms with Crippen LogP contribution in [0.1, 0.15) is 40.0 Å². The summed E-state index contributed by atoms with van der Waals surface area (Å²) in [5, 5.41) is 2.73. The van der Waals surface area contributed by atoms with Gasteiger partial charge in [-0.25, -0.2) is 13.1 Å². The SMILES string of the molecule is CCCCC1Oc2ccc(S(=O)(=O)NC(C)C)cc2NC1=O. The molecule has 6 nitrogen and oxygen atoms in total. The van der Waals surface area contributed by atoms with E-state index in [2.05, 4.69) is 10.0 Å². The molecule has 2 N–H and O–H groups in total. The number of nitrogens with one attached hydrogen (secondary N) is 2. The lowest BCUT2D eigenvalue weighted by molar-refractivity contribution is -0.123. The van der Waals surface area contributed by atoms with Crippen LogP contribution in [-0.2, 0) is 14.8 Å². The van der Waals surface area contributed by atoms with E-state index < -0.39 is 16.1 Å². The third-order valence-electron chi connectivity index (χ3n) is 3.29. The van der Waals surface area contributed by atoms with Gasteiger partial charge in [0.05, 0.1) is 10.6 Å². The molecule has 22 heavy (non-hydrogen) atoms. The molecule has 0 bridgehead atoms. The van der Waals surface area contributed by atoms with Crippen LogP contribution in [0.5, 0.6) is 5.75 Å². The van der Waals surface area contributed by atoms with Gasteiger partial charge in [-0.1, -0.05) is 13.3 Å². The summed E-state index contributed by atoms with van der Waals surface area (Å²) in [4.78, 5) is 12.1. The summed E-state index contributed by atoms with van der Waals surface area (Å²) in [5.74, 6) is 0.275. The van der Waals surface area contributed by atoms with Crippen molar-refractivity contribution in [3.05, 3.63) is 18.2 Å². The number of hydrogen-bond donors (Lipinski definition) is 2. The fourth-order valence-corrected chi connectivity index (χ4v) is 3.53. The first-order valence-corrected chi connectivity index (χ1v) is 8.95. The average molecular weight is 326 g/mol. The normalized spacial score (nSPS) is 17.8. The van der Waals surface area contributed by atoms with Crippen molar-refractivity contribution in [2.45, 2.75) is 57.1 Å². The van der Waals surface area contributed by atoms with E-state index in [1.165, 1.54) is 12.1 Å². The minimum Gasteiger partial charge on any atom is -0.478 e. The van der Waals surface area contributed by atoms with E-state index in [9.17, 15) is 13.2 Å². The van der Waals surface area contributed by atoms with Crippen LogP contribution in [0, 0.1) is 0 Å². The maximum absolute atomic E-state index is 12.2. The number of carbonyl (C=O) groups is 1. The number of sulfonamides is 1. The molecule has 122 valence electrons. The fraction of sp³-hybridized carbons (Fsp3) is 0.533. The molecule has 0 aliphatic carbocycles. The number of fused-ring (bicyclic) bond motifs is 1. The minimum absolute atomic E-state index is 0.107. The lowest BCUT2D eigenvalue weighted by Crippen LogP contribution is -2.37. The summed E-state index contributed by atoms with van der Waals surface area (Å²) in [6.45, 7) is 5.55. The van der Waals surface area contributed by atoms with E-state index in [1.807, 2.05) is 6.92 Å². The second kappa shape index (κ2) is 6.66. The topological polar surface area (TPSA) is 84.5 Å². The summed E-state index contributed by atoms with van der Waals surface area (Å²) in [6.07, 6.45) is 2.02. The molecule has 0 spiro atoms. The van der Waals surface area contributed by atoms with Crippen molar-refractivity contribution in [1.82, 2.24) is 4.72 Å². The van der Waals surface area contributed by atoms with Crippen molar-refractivity contribution >= 4 is 21.6 Å². The zero-order valence-electron chi connectivity index (χ0n) is 13.0. The molecule has 0 saturated carbocycles. The second-order valence-electron chi connectivity index (χ2n) is 5.67. The average Bonchev–Trinajstić information content (AvgIpc) is 2.43. The number of hydrogen-bond acceptors (Lipinski definition) is 4. The van der Waals surface area contributed by atoms with Crippen LogP contribution in [0.3, 0.4) is 0 Å². The monoisotopic (exact) mass is 326 g/mol. The highest BCUT2D eigenvalue weighted by molar-refractivity contribution is 7.89. The van der Waals surface area contributed by atoms with Crippen molar-refractivity contribution < 1.29 is 17.9 Å². The van der Waals surface area contributed by atoms with Crippen LogP contribution in [0.25, 0.3) is 0 Å². The van der Waals surface area contributed by atoms with Crippen molar-refractivity contribution in [2.24, 2.45) is 0 Å². The number of anilines is 1. The van der Waals surface area contributed by atoms with Gasteiger partial charge in [0, 0.05) is 6.04 Å². The zero-order chi connectivity index (χ0) is 16.3. The Morgan fingerprint density at radius 2 is 2.09 bits per heavy atom. The first-order valence-electron chi connectivity index (χ1n) is 7.47. The van der Waals surface area contributed by atoms with E-state index >= 15 is 0 Å². The molecule has 1 aromatic rings. The number of amides is 1. The van der Waals surface area contributed by atoms with Gasteiger partial charge in [-0.15, -0.1) is 0 Å². The van der Waals surface area contributed by atoms with Crippen molar-refractivity contribution in [2.75, 3.05) is 5.32 Å². The van der Waals surface area contributed by atoms with Crippen molar-refractivity contribution in [1.29, 1.82) is 0 Å². The second-order valence-corrected chi connectivity index (χ2v) is 7.39. The Bertz CT molecular complexity index is 656. The molecule has 1 heterocycles. The van der Waals surface area contributed by atoms with Crippen LogP contribution in [0.4, 0.5) is 5.69 Å². The van der Waals surface area contributed by atoms with E-state index in [4.69, 9.17) is 4.74 Å². The number of ether oxygens (including phenoxy) is 1. The van der Waals surface area contributed by atoms with Crippen molar-refractivity contribution in [3.8, 4) is 5.75 Å². The third-order valence-corrected chi connectivity index (χ3v) is 4.95. The summed E-state index contributed by atoms with van der Waals surface area (Å²) >= 11 is 0. The van der Waals surface area contributed by atoms with Crippen LogP contribution in [0.2, 0.25) is 0 Å². The smallest absolute Gasteiger partial charge is 0.265 e. The number of rotatable bonds is 6. The van der Waals surface area contributed by atoms with Crippen LogP contribution < -0.4 is 14.8 Å². The first-order chi connectivity index (χ1) is 10.3.